The summed E-state index contributed by atoms with van der Waals surface area (Å²) in [5.74, 6) is 1.57. The van der Waals surface area contributed by atoms with Gasteiger partial charge >= 0.3 is 0 Å². The Morgan fingerprint density at radius 1 is 1.15 bits per heavy atom. The van der Waals surface area contributed by atoms with Gasteiger partial charge in [-0.2, -0.15) is 0 Å². The molecule has 3 aromatic heterocycles. The van der Waals surface area contributed by atoms with Gasteiger partial charge in [-0.3, -0.25) is 4.40 Å². The molecule has 2 atom stereocenters. The first kappa shape index (κ1) is 15.6. The molecule has 0 unspecified atom stereocenters. The van der Waals surface area contributed by atoms with E-state index in [4.69, 9.17) is 4.74 Å². The van der Waals surface area contributed by atoms with Crippen LogP contribution in [0, 0.1) is 0 Å². The molecule has 0 bridgehead atoms. The summed E-state index contributed by atoms with van der Waals surface area (Å²) in [5, 5.41) is 3.24. The molecule has 2 saturated carbocycles. The minimum absolute atomic E-state index is 0.137. The Labute approximate surface area is 151 Å². The van der Waals surface area contributed by atoms with Crippen molar-refractivity contribution in [3.63, 3.8) is 0 Å². The molecule has 2 fully saturated rings. The third-order valence-electron chi connectivity index (χ3n) is 5.09. The molecule has 2 aliphatic carbocycles. The standard InChI is InChI=1S/C20H21FN4O/c21-15-3-1-4-16(15)23-19-6-2-5-17(24-19)18-12-22-20-11-14(9-10-25(18)20)26-13-7-8-13/h2,5-6,9-13,15-16H,1,3-4,7-8H2,(H,23,24)/t15-,16-/m0/s1. The Hall–Kier alpha value is -2.63. The van der Waals surface area contributed by atoms with Crippen molar-refractivity contribution in [2.45, 2.75) is 50.4 Å². The van der Waals surface area contributed by atoms with Crippen molar-refractivity contribution in [1.29, 1.82) is 0 Å². The van der Waals surface area contributed by atoms with Gasteiger partial charge in [-0.1, -0.05) is 6.07 Å². The van der Waals surface area contributed by atoms with Crippen LogP contribution in [0.25, 0.3) is 17.0 Å². The number of halogens is 1. The van der Waals surface area contributed by atoms with Gasteiger partial charge in [0.2, 0.25) is 0 Å². The molecule has 0 aromatic carbocycles. The number of alkyl halides is 1. The van der Waals surface area contributed by atoms with Gasteiger partial charge in [0.05, 0.1) is 29.7 Å². The second kappa shape index (κ2) is 6.27. The maximum atomic E-state index is 13.9. The summed E-state index contributed by atoms with van der Waals surface area (Å²) >= 11 is 0. The predicted molar refractivity (Wildman–Crippen MR) is 98.2 cm³/mol. The molecule has 1 N–H and O–H groups in total. The molecule has 6 heteroatoms. The molecule has 3 aromatic rings. The highest BCUT2D eigenvalue weighted by Crippen LogP contribution is 2.29. The van der Waals surface area contributed by atoms with E-state index in [1.54, 1.807) is 0 Å². The van der Waals surface area contributed by atoms with Gasteiger partial charge in [0.1, 0.15) is 23.4 Å². The molecule has 0 spiro atoms. The third-order valence-corrected chi connectivity index (χ3v) is 5.09. The number of nitrogens with zero attached hydrogens (tertiary/aromatic N) is 3. The molecule has 5 rings (SSSR count). The average Bonchev–Trinajstić information content (AvgIpc) is 3.22. The number of hydrogen-bond donors (Lipinski definition) is 1. The summed E-state index contributed by atoms with van der Waals surface area (Å²) in [6.07, 6.45) is 8.04. The van der Waals surface area contributed by atoms with Crippen LogP contribution in [-0.2, 0) is 0 Å². The summed E-state index contributed by atoms with van der Waals surface area (Å²) in [7, 11) is 0. The zero-order chi connectivity index (χ0) is 17.5. The summed E-state index contributed by atoms with van der Waals surface area (Å²) in [4.78, 5) is 9.17. The first-order valence-electron chi connectivity index (χ1n) is 9.28. The molecule has 5 nitrogen and oxygen atoms in total. The molecule has 0 saturated heterocycles. The van der Waals surface area contributed by atoms with Gasteiger partial charge in [0.25, 0.3) is 0 Å². The Balaban J connectivity index is 1.42. The molecular formula is C20H21FN4O. The van der Waals surface area contributed by atoms with Gasteiger partial charge in [0.15, 0.2) is 0 Å². The number of imidazole rings is 1. The lowest BCUT2D eigenvalue weighted by molar-refractivity contribution is 0.303. The predicted octanol–water partition coefficient (Wildman–Crippen LogP) is 4.24. The van der Waals surface area contributed by atoms with Crippen molar-refractivity contribution in [2.24, 2.45) is 0 Å². The van der Waals surface area contributed by atoms with E-state index in [1.807, 2.05) is 47.1 Å². The number of nitrogens with one attached hydrogen (secondary N) is 1. The maximum absolute atomic E-state index is 13.9. The van der Waals surface area contributed by atoms with Gasteiger partial charge in [0, 0.05) is 12.3 Å². The lowest BCUT2D eigenvalue weighted by atomic mass is 10.2. The number of fused-ring (bicyclic) bond motifs is 1. The van der Waals surface area contributed by atoms with Crippen LogP contribution < -0.4 is 10.1 Å². The van der Waals surface area contributed by atoms with E-state index in [2.05, 4.69) is 15.3 Å². The van der Waals surface area contributed by atoms with E-state index in [1.165, 1.54) is 0 Å². The normalized spacial score (nSPS) is 22.7. The van der Waals surface area contributed by atoms with Crippen molar-refractivity contribution >= 4 is 11.5 Å². The highest BCUT2D eigenvalue weighted by atomic mass is 19.1. The quantitative estimate of drug-likeness (QED) is 0.746. The van der Waals surface area contributed by atoms with E-state index in [9.17, 15) is 4.39 Å². The summed E-state index contributed by atoms with van der Waals surface area (Å²) < 4.78 is 21.7. The Morgan fingerprint density at radius 3 is 2.88 bits per heavy atom. The van der Waals surface area contributed by atoms with E-state index in [0.717, 1.165) is 48.5 Å². The minimum atomic E-state index is -0.791. The Morgan fingerprint density at radius 2 is 2.08 bits per heavy atom. The highest BCUT2D eigenvalue weighted by molar-refractivity contribution is 5.63. The molecule has 0 aliphatic heterocycles. The fourth-order valence-electron chi connectivity index (χ4n) is 3.53. The van der Waals surface area contributed by atoms with Crippen molar-refractivity contribution in [3.8, 4) is 17.1 Å². The number of ether oxygens (including phenoxy) is 1. The largest absolute Gasteiger partial charge is 0.490 e. The summed E-state index contributed by atoms with van der Waals surface area (Å²) in [6, 6.07) is 9.56. The number of hydrogen-bond acceptors (Lipinski definition) is 4. The fourth-order valence-corrected chi connectivity index (χ4v) is 3.53. The lowest BCUT2D eigenvalue weighted by Crippen LogP contribution is -2.25. The molecule has 134 valence electrons. The van der Waals surface area contributed by atoms with Crippen LogP contribution >= 0.6 is 0 Å². The first-order valence-corrected chi connectivity index (χ1v) is 9.28. The third kappa shape index (κ3) is 3.00. The Kier molecular flexibility index (Phi) is 3.76. The van der Waals surface area contributed by atoms with Crippen LogP contribution in [0.2, 0.25) is 0 Å². The van der Waals surface area contributed by atoms with Crippen molar-refractivity contribution in [1.82, 2.24) is 14.4 Å². The fraction of sp³-hybridized carbons (Fsp3) is 0.400. The van der Waals surface area contributed by atoms with E-state index in [0.29, 0.717) is 18.3 Å². The maximum Gasteiger partial charge on any atom is 0.140 e. The molecule has 26 heavy (non-hydrogen) atoms. The van der Waals surface area contributed by atoms with Crippen molar-refractivity contribution in [3.05, 3.63) is 42.7 Å². The van der Waals surface area contributed by atoms with Crippen LogP contribution in [0.4, 0.5) is 10.2 Å². The van der Waals surface area contributed by atoms with Crippen LogP contribution in [-0.4, -0.2) is 32.7 Å². The average molecular weight is 352 g/mol. The zero-order valence-electron chi connectivity index (χ0n) is 14.4. The van der Waals surface area contributed by atoms with Gasteiger partial charge in [-0.05, 0) is 50.3 Å². The highest BCUT2D eigenvalue weighted by Gasteiger charge is 2.27. The zero-order valence-corrected chi connectivity index (χ0v) is 14.4. The van der Waals surface area contributed by atoms with E-state index < -0.39 is 6.17 Å². The van der Waals surface area contributed by atoms with Crippen molar-refractivity contribution < 1.29 is 9.13 Å². The number of rotatable bonds is 5. The molecule has 2 aliphatic rings. The summed E-state index contributed by atoms with van der Waals surface area (Å²) in [5.41, 5.74) is 2.55. The Bertz CT molecular complexity index is 936. The van der Waals surface area contributed by atoms with Crippen LogP contribution in [0.5, 0.6) is 5.75 Å². The molecule has 0 radical (unpaired) electrons. The van der Waals surface area contributed by atoms with E-state index in [-0.39, 0.29) is 6.04 Å². The van der Waals surface area contributed by atoms with Crippen LogP contribution in [0.3, 0.4) is 0 Å². The van der Waals surface area contributed by atoms with Crippen LogP contribution in [0.15, 0.2) is 42.7 Å². The lowest BCUT2D eigenvalue weighted by Gasteiger charge is -2.16. The molecule has 0 amide bonds. The topological polar surface area (TPSA) is 51.5 Å². The van der Waals surface area contributed by atoms with Gasteiger partial charge in [-0.25, -0.2) is 14.4 Å². The second-order valence-electron chi connectivity index (χ2n) is 7.16. The number of anilines is 1. The molecular weight excluding hydrogens is 331 g/mol. The first-order chi connectivity index (χ1) is 12.8. The number of pyridine rings is 2. The van der Waals surface area contributed by atoms with Crippen molar-refractivity contribution in [2.75, 3.05) is 5.32 Å². The number of aromatic nitrogens is 3. The summed E-state index contributed by atoms with van der Waals surface area (Å²) in [6.45, 7) is 0. The van der Waals surface area contributed by atoms with Gasteiger partial charge < -0.3 is 10.1 Å². The molecule has 3 heterocycles. The second-order valence-corrected chi connectivity index (χ2v) is 7.16. The SMILES string of the molecule is F[C@H]1CCC[C@@H]1Nc1cccc(-c2cnc3cc(OC4CC4)ccn23)n1. The smallest absolute Gasteiger partial charge is 0.140 e. The van der Waals surface area contributed by atoms with E-state index >= 15 is 0 Å². The van der Waals surface area contributed by atoms with Gasteiger partial charge in [-0.15, -0.1) is 0 Å². The minimum Gasteiger partial charge on any atom is -0.490 e. The van der Waals surface area contributed by atoms with Crippen LogP contribution in [0.1, 0.15) is 32.1 Å². The monoisotopic (exact) mass is 352 g/mol.